The molecule has 0 saturated carbocycles. The summed E-state index contributed by atoms with van der Waals surface area (Å²) in [5.74, 6) is 0.337. The van der Waals surface area contributed by atoms with Crippen molar-refractivity contribution in [2.75, 3.05) is 5.32 Å². The van der Waals surface area contributed by atoms with Gasteiger partial charge in [0.2, 0.25) is 0 Å². The third kappa shape index (κ3) is 2.78. The molecule has 0 spiro atoms. The van der Waals surface area contributed by atoms with Crippen molar-refractivity contribution in [2.45, 2.75) is 12.7 Å². The minimum atomic E-state index is -4.48. The number of hydrogen-bond donors (Lipinski definition) is 1. The lowest BCUT2D eigenvalue weighted by Gasteiger charge is -2.06. The first-order valence-corrected chi connectivity index (χ1v) is 6.08. The van der Waals surface area contributed by atoms with Crippen LogP contribution in [0.1, 0.15) is 11.3 Å². The Balaban J connectivity index is 1.90. The highest BCUT2D eigenvalue weighted by molar-refractivity contribution is 5.67. The van der Waals surface area contributed by atoms with Gasteiger partial charge in [0.1, 0.15) is 5.52 Å². The summed E-state index contributed by atoms with van der Waals surface area (Å²) in [5, 5.41) is 6.49. The maximum Gasteiger partial charge on any atom is 0.435 e. The predicted octanol–water partition coefficient (Wildman–Crippen LogP) is 2.76. The van der Waals surface area contributed by atoms with E-state index in [0.717, 1.165) is 16.1 Å². The van der Waals surface area contributed by atoms with Crippen LogP contribution in [-0.4, -0.2) is 19.6 Å². The smallest absolute Gasteiger partial charge is 0.364 e. The lowest BCUT2D eigenvalue weighted by Crippen LogP contribution is -2.05. The van der Waals surface area contributed by atoms with Gasteiger partial charge in [0, 0.05) is 37.4 Å². The normalized spacial score (nSPS) is 11.8. The summed E-state index contributed by atoms with van der Waals surface area (Å²) < 4.78 is 39.2. The highest BCUT2D eigenvalue weighted by atomic mass is 19.4. The van der Waals surface area contributed by atoms with E-state index in [-0.39, 0.29) is 5.52 Å². The number of nitrogens with zero attached hydrogens (tertiary/aromatic N) is 4. The lowest BCUT2D eigenvalue weighted by molar-refractivity contribution is -0.141. The van der Waals surface area contributed by atoms with Crippen molar-refractivity contribution < 1.29 is 13.2 Å². The molecule has 108 valence electrons. The fourth-order valence-corrected chi connectivity index (χ4v) is 1.89. The SMILES string of the molecule is FC(F)(F)c1cc2c(NCc3cccnc3)nccn2n1. The second kappa shape index (κ2) is 5.04. The Morgan fingerprint density at radius 3 is 2.81 bits per heavy atom. The van der Waals surface area contributed by atoms with E-state index in [1.807, 2.05) is 6.07 Å². The molecule has 5 nitrogen and oxygen atoms in total. The Kier molecular flexibility index (Phi) is 3.20. The zero-order chi connectivity index (χ0) is 14.9. The van der Waals surface area contributed by atoms with E-state index >= 15 is 0 Å². The molecule has 0 unspecified atom stereocenters. The van der Waals surface area contributed by atoms with Crippen molar-refractivity contribution in [3.8, 4) is 0 Å². The zero-order valence-electron chi connectivity index (χ0n) is 10.7. The van der Waals surface area contributed by atoms with E-state index < -0.39 is 11.9 Å². The molecule has 0 aliphatic heterocycles. The van der Waals surface area contributed by atoms with Crippen LogP contribution in [-0.2, 0) is 12.7 Å². The predicted molar refractivity (Wildman–Crippen MR) is 69.6 cm³/mol. The second-order valence-corrected chi connectivity index (χ2v) is 4.35. The van der Waals surface area contributed by atoms with Crippen LogP contribution in [0.15, 0.2) is 43.0 Å². The Bertz CT molecular complexity index is 751. The van der Waals surface area contributed by atoms with Gasteiger partial charge in [-0.15, -0.1) is 0 Å². The number of nitrogens with one attached hydrogen (secondary N) is 1. The van der Waals surface area contributed by atoms with Crippen LogP contribution in [0.25, 0.3) is 5.52 Å². The molecule has 0 radical (unpaired) electrons. The molecule has 0 saturated heterocycles. The second-order valence-electron chi connectivity index (χ2n) is 4.35. The fourth-order valence-electron chi connectivity index (χ4n) is 1.89. The minimum absolute atomic E-state index is 0.272. The fraction of sp³-hybridized carbons (Fsp3) is 0.154. The summed E-state index contributed by atoms with van der Waals surface area (Å²) in [6, 6.07) is 4.61. The van der Waals surface area contributed by atoms with Gasteiger partial charge in [-0.2, -0.15) is 18.3 Å². The average Bonchev–Trinajstić information content (AvgIpc) is 2.91. The number of aromatic nitrogens is 4. The molecule has 0 aliphatic rings. The Morgan fingerprint density at radius 1 is 1.24 bits per heavy atom. The van der Waals surface area contributed by atoms with Crippen LogP contribution in [0.5, 0.6) is 0 Å². The molecule has 0 aromatic carbocycles. The van der Waals surface area contributed by atoms with E-state index in [1.165, 1.54) is 12.4 Å². The van der Waals surface area contributed by atoms with Gasteiger partial charge in [0.05, 0.1) is 0 Å². The summed E-state index contributed by atoms with van der Waals surface area (Å²) in [4.78, 5) is 8.03. The summed E-state index contributed by atoms with van der Waals surface area (Å²) in [5.41, 5.74) is 0.227. The molecule has 1 N–H and O–H groups in total. The number of halogens is 3. The number of rotatable bonds is 3. The van der Waals surface area contributed by atoms with Gasteiger partial charge < -0.3 is 5.32 Å². The zero-order valence-corrected chi connectivity index (χ0v) is 10.7. The van der Waals surface area contributed by atoms with Gasteiger partial charge >= 0.3 is 6.18 Å². The van der Waals surface area contributed by atoms with Gasteiger partial charge in [-0.3, -0.25) is 4.98 Å². The maximum absolute atomic E-state index is 12.7. The van der Waals surface area contributed by atoms with Crippen LogP contribution in [0, 0.1) is 0 Å². The molecule has 0 aliphatic carbocycles. The van der Waals surface area contributed by atoms with Crippen molar-refractivity contribution in [2.24, 2.45) is 0 Å². The van der Waals surface area contributed by atoms with Crippen molar-refractivity contribution >= 4 is 11.3 Å². The molecule has 3 heterocycles. The summed E-state index contributed by atoms with van der Waals surface area (Å²) in [6.07, 6.45) is 1.61. The van der Waals surface area contributed by atoms with Crippen LogP contribution in [0.4, 0.5) is 19.0 Å². The molecular formula is C13H10F3N5. The molecule has 3 aromatic heterocycles. The summed E-state index contributed by atoms with van der Waals surface area (Å²) in [6.45, 7) is 0.410. The summed E-state index contributed by atoms with van der Waals surface area (Å²) in [7, 11) is 0. The number of fused-ring (bicyclic) bond motifs is 1. The third-order valence-electron chi connectivity index (χ3n) is 2.86. The molecule has 3 rings (SSSR count). The van der Waals surface area contributed by atoms with Crippen LogP contribution in [0.3, 0.4) is 0 Å². The minimum Gasteiger partial charge on any atom is -0.364 e. The Labute approximate surface area is 117 Å². The van der Waals surface area contributed by atoms with Crippen molar-refractivity contribution in [1.82, 2.24) is 19.6 Å². The van der Waals surface area contributed by atoms with Crippen molar-refractivity contribution in [1.29, 1.82) is 0 Å². The first-order valence-electron chi connectivity index (χ1n) is 6.08. The van der Waals surface area contributed by atoms with Gasteiger partial charge in [0.15, 0.2) is 11.5 Å². The Hall–Kier alpha value is -2.64. The van der Waals surface area contributed by atoms with E-state index in [4.69, 9.17) is 0 Å². The van der Waals surface area contributed by atoms with E-state index in [0.29, 0.717) is 12.4 Å². The molecule has 0 amide bonds. The first-order chi connectivity index (χ1) is 10.0. The average molecular weight is 293 g/mol. The molecule has 0 atom stereocenters. The van der Waals surface area contributed by atoms with Gasteiger partial charge in [-0.05, 0) is 11.6 Å². The largest absolute Gasteiger partial charge is 0.435 e. The highest BCUT2D eigenvalue weighted by Gasteiger charge is 2.34. The third-order valence-corrected chi connectivity index (χ3v) is 2.86. The topological polar surface area (TPSA) is 55.1 Å². The number of anilines is 1. The highest BCUT2D eigenvalue weighted by Crippen LogP contribution is 2.30. The monoisotopic (exact) mass is 293 g/mol. The van der Waals surface area contributed by atoms with Crippen LogP contribution >= 0.6 is 0 Å². The molecule has 8 heteroatoms. The molecule has 21 heavy (non-hydrogen) atoms. The van der Waals surface area contributed by atoms with Gasteiger partial charge in [0.25, 0.3) is 0 Å². The molecule has 3 aromatic rings. The van der Waals surface area contributed by atoms with Crippen LogP contribution in [0.2, 0.25) is 0 Å². The maximum atomic E-state index is 12.7. The molecule has 0 bridgehead atoms. The standard InChI is InChI=1S/C13H10F3N5/c14-13(15,16)11-6-10-12(18-4-5-21(10)20-11)19-8-9-2-1-3-17-7-9/h1-7H,8H2,(H,18,19). The van der Waals surface area contributed by atoms with E-state index in [1.54, 1.807) is 18.5 Å². The summed E-state index contributed by atoms with van der Waals surface area (Å²) >= 11 is 0. The van der Waals surface area contributed by atoms with Gasteiger partial charge in [-0.1, -0.05) is 6.07 Å². The van der Waals surface area contributed by atoms with E-state index in [2.05, 4.69) is 20.4 Å². The molecule has 0 fully saturated rings. The molecular weight excluding hydrogens is 283 g/mol. The van der Waals surface area contributed by atoms with Crippen molar-refractivity contribution in [3.05, 3.63) is 54.2 Å². The van der Waals surface area contributed by atoms with E-state index in [9.17, 15) is 13.2 Å². The quantitative estimate of drug-likeness (QED) is 0.806. The van der Waals surface area contributed by atoms with Gasteiger partial charge in [-0.25, -0.2) is 9.50 Å². The number of pyridine rings is 1. The Morgan fingerprint density at radius 2 is 2.10 bits per heavy atom. The first kappa shape index (κ1) is 13.3. The van der Waals surface area contributed by atoms with Crippen LogP contribution < -0.4 is 5.32 Å². The van der Waals surface area contributed by atoms with Crippen molar-refractivity contribution in [3.63, 3.8) is 0 Å². The lowest BCUT2D eigenvalue weighted by atomic mass is 10.3. The number of alkyl halides is 3. The number of hydrogen-bond acceptors (Lipinski definition) is 4.